The van der Waals surface area contributed by atoms with Crippen LogP contribution in [0.1, 0.15) is 45.0 Å². The quantitative estimate of drug-likeness (QED) is 0.585. The Morgan fingerprint density at radius 1 is 1.40 bits per heavy atom. The van der Waals surface area contributed by atoms with Gasteiger partial charge < -0.3 is 10.3 Å². The maximum absolute atomic E-state index is 8.81. The Morgan fingerprint density at radius 2 is 2.10 bits per heavy atom. The predicted octanol–water partition coefficient (Wildman–Crippen LogP) is 2.15. The van der Waals surface area contributed by atoms with Gasteiger partial charge in [-0.05, 0) is 27.2 Å². The van der Waals surface area contributed by atoms with Gasteiger partial charge in [0.25, 0.3) is 0 Å². The lowest BCUT2D eigenvalue weighted by Crippen LogP contribution is -2.33. The van der Waals surface area contributed by atoms with Crippen LogP contribution in [0, 0.1) is 18.3 Å². The first-order valence-corrected chi connectivity index (χ1v) is 7.02. The molecule has 0 aliphatic carbocycles. The van der Waals surface area contributed by atoms with Gasteiger partial charge in [-0.3, -0.25) is 0 Å². The highest BCUT2D eigenvalue weighted by Crippen LogP contribution is 2.25. The fraction of sp³-hybridized carbons (Fsp3) is 0.643. The zero-order valence-electron chi connectivity index (χ0n) is 12.8. The number of hydrogen-bond acceptors (Lipinski definition) is 6. The third-order valence-corrected chi connectivity index (χ3v) is 3.14. The van der Waals surface area contributed by atoms with Gasteiger partial charge in [0, 0.05) is 24.6 Å². The van der Waals surface area contributed by atoms with Gasteiger partial charge in [0.05, 0.1) is 12.5 Å². The smallest absolute Gasteiger partial charge is 0.148 e. The van der Waals surface area contributed by atoms with E-state index in [2.05, 4.69) is 47.1 Å². The Hall–Kier alpha value is -1.87. The maximum Gasteiger partial charge on any atom is 0.148 e. The lowest BCUT2D eigenvalue weighted by Gasteiger charge is -2.29. The van der Waals surface area contributed by atoms with Crippen molar-refractivity contribution < 1.29 is 0 Å². The first-order chi connectivity index (χ1) is 9.54. The van der Waals surface area contributed by atoms with E-state index in [4.69, 9.17) is 11.1 Å². The summed E-state index contributed by atoms with van der Waals surface area (Å²) in [4.78, 5) is 11.2. The minimum atomic E-state index is 0.261. The molecule has 0 saturated heterocycles. The second-order valence-corrected chi connectivity index (χ2v) is 5.03. The van der Waals surface area contributed by atoms with Crippen LogP contribution in [0.5, 0.6) is 0 Å². The van der Waals surface area contributed by atoms with Gasteiger partial charge in [-0.15, -0.1) is 0 Å². The number of aromatic nitrogens is 2. The average Bonchev–Trinajstić information content (AvgIpc) is 2.42. The molecule has 0 aliphatic heterocycles. The lowest BCUT2D eigenvalue weighted by molar-refractivity contribution is 0.668. The molecular formula is C14H24N6. The Labute approximate surface area is 121 Å². The number of aryl methyl sites for hydroxylation is 1. The van der Waals surface area contributed by atoms with Gasteiger partial charge >= 0.3 is 0 Å². The number of nitrogen functional groups attached to an aromatic ring is 1. The van der Waals surface area contributed by atoms with E-state index < -0.39 is 0 Å². The molecule has 1 heterocycles. The second kappa shape index (κ2) is 7.65. The summed E-state index contributed by atoms with van der Waals surface area (Å²) in [7, 11) is 0. The average molecular weight is 276 g/mol. The zero-order valence-corrected chi connectivity index (χ0v) is 12.8. The highest BCUT2D eigenvalue weighted by Gasteiger charge is 2.18. The molecule has 0 atom stereocenters. The fourth-order valence-electron chi connectivity index (χ4n) is 2.08. The third-order valence-electron chi connectivity index (χ3n) is 3.14. The molecule has 110 valence electrons. The molecule has 0 unspecified atom stereocenters. The van der Waals surface area contributed by atoms with Crippen molar-refractivity contribution in [2.45, 2.75) is 53.0 Å². The summed E-state index contributed by atoms with van der Waals surface area (Å²) in [5, 5.41) is 8.81. The first-order valence-electron chi connectivity index (χ1n) is 7.02. The van der Waals surface area contributed by atoms with Gasteiger partial charge in [0.2, 0.25) is 0 Å². The number of nitrogens with one attached hydrogen (secondary N) is 1. The van der Waals surface area contributed by atoms with Gasteiger partial charge in [-0.25, -0.2) is 15.8 Å². The van der Waals surface area contributed by atoms with Gasteiger partial charge in [0.1, 0.15) is 17.5 Å². The van der Waals surface area contributed by atoms with Crippen LogP contribution in [0.15, 0.2) is 0 Å². The molecule has 0 spiro atoms. The summed E-state index contributed by atoms with van der Waals surface area (Å²) in [5.74, 6) is 7.85. The van der Waals surface area contributed by atoms with Crippen LogP contribution in [0.3, 0.4) is 0 Å². The fourth-order valence-corrected chi connectivity index (χ4v) is 2.08. The summed E-state index contributed by atoms with van der Waals surface area (Å²) >= 11 is 0. The number of hydrogen-bond donors (Lipinski definition) is 2. The molecular weight excluding hydrogens is 252 g/mol. The molecule has 1 rings (SSSR count). The Balaban J connectivity index is 3.24. The summed E-state index contributed by atoms with van der Waals surface area (Å²) in [5.41, 5.74) is 3.56. The Morgan fingerprint density at radius 3 is 2.60 bits per heavy atom. The topological polar surface area (TPSA) is 90.9 Å². The number of anilines is 2. The molecule has 3 N–H and O–H groups in total. The molecule has 0 aliphatic rings. The van der Waals surface area contributed by atoms with E-state index >= 15 is 0 Å². The van der Waals surface area contributed by atoms with E-state index in [0.29, 0.717) is 18.8 Å². The zero-order chi connectivity index (χ0) is 15.1. The van der Waals surface area contributed by atoms with Gasteiger partial charge in [-0.1, -0.05) is 6.92 Å². The molecule has 6 heteroatoms. The van der Waals surface area contributed by atoms with Crippen molar-refractivity contribution in [2.24, 2.45) is 5.84 Å². The highest BCUT2D eigenvalue weighted by atomic mass is 15.3. The van der Waals surface area contributed by atoms with Crippen molar-refractivity contribution in [3.8, 4) is 6.07 Å². The lowest BCUT2D eigenvalue weighted by atomic mass is 10.2. The van der Waals surface area contributed by atoms with E-state index in [1.807, 2.05) is 6.92 Å². The summed E-state index contributed by atoms with van der Waals surface area (Å²) in [6, 6.07) is 2.45. The van der Waals surface area contributed by atoms with Crippen LogP contribution < -0.4 is 16.2 Å². The molecule has 1 aromatic rings. The van der Waals surface area contributed by atoms with E-state index in [0.717, 1.165) is 30.0 Å². The molecule has 0 fully saturated rings. The standard InChI is InChI=1S/C14H24N6/c1-5-7-12-17-13(19-16)11(4)14(18-12)20(10(2)3)9-6-8-15/h10H,5-7,9,16H2,1-4H3,(H,17,18,19). The summed E-state index contributed by atoms with van der Waals surface area (Å²) < 4.78 is 0. The molecule has 0 aromatic carbocycles. The normalized spacial score (nSPS) is 10.4. The second-order valence-electron chi connectivity index (χ2n) is 5.03. The summed E-state index contributed by atoms with van der Waals surface area (Å²) in [6.45, 7) is 8.87. The molecule has 6 nitrogen and oxygen atoms in total. The van der Waals surface area contributed by atoms with Gasteiger partial charge in [-0.2, -0.15) is 5.26 Å². The van der Waals surface area contributed by atoms with Crippen molar-refractivity contribution in [3.05, 3.63) is 11.4 Å². The van der Waals surface area contributed by atoms with Crippen LogP contribution in [-0.4, -0.2) is 22.6 Å². The number of nitrogens with two attached hydrogens (primary N) is 1. The van der Waals surface area contributed by atoms with Crippen LogP contribution in [0.25, 0.3) is 0 Å². The van der Waals surface area contributed by atoms with Crippen LogP contribution >= 0.6 is 0 Å². The highest BCUT2D eigenvalue weighted by molar-refractivity contribution is 5.58. The minimum Gasteiger partial charge on any atom is -0.353 e. The Bertz CT molecular complexity index is 477. The van der Waals surface area contributed by atoms with Crippen LogP contribution in [0.2, 0.25) is 0 Å². The number of hydrazine groups is 1. The van der Waals surface area contributed by atoms with Crippen molar-refractivity contribution in [1.82, 2.24) is 9.97 Å². The van der Waals surface area contributed by atoms with Crippen molar-refractivity contribution in [1.29, 1.82) is 5.26 Å². The predicted molar refractivity (Wildman–Crippen MR) is 81.3 cm³/mol. The Kier molecular flexibility index (Phi) is 6.19. The maximum atomic E-state index is 8.81. The number of rotatable bonds is 7. The number of nitrogens with zero attached hydrogens (tertiary/aromatic N) is 4. The molecule has 20 heavy (non-hydrogen) atoms. The third kappa shape index (κ3) is 3.81. The van der Waals surface area contributed by atoms with Crippen molar-refractivity contribution in [2.75, 3.05) is 16.9 Å². The number of nitriles is 1. The van der Waals surface area contributed by atoms with E-state index in [1.54, 1.807) is 0 Å². The van der Waals surface area contributed by atoms with Crippen LogP contribution in [0.4, 0.5) is 11.6 Å². The van der Waals surface area contributed by atoms with Gasteiger partial charge in [0.15, 0.2) is 0 Å². The molecule has 0 bridgehead atoms. The summed E-state index contributed by atoms with van der Waals surface area (Å²) in [6.07, 6.45) is 2.26. The molecule has 0 radical (unpaired) electrons. The van der Waals surface area contributed by atoms with Crippen molar-refractivity contribution in [3.63, 3.8) is 0 Å². The SMILES string of the molecule is CCCc1nc(NN)c(C)c(N(CCC#N)C(C)C)n1. The van der Waals surface area contributed by atoms with E-state index in [1.165, 1.54) is 0 Å². The monoisotopic (exact) mass is 276 g/mol. The van der Waals surface area contributed by atoms with Crippen LogP contribution in [-0.2, 0) is 6.42 Å². The van der Waals surface area contributed by atoms with E-state index in [-0.39, 0.29) is 6.04 Å². The van der Waals surface area contributed by atoms with E-state index in [9.17, 15) is 0 Å². The molecule has 0 saturated carbocycles. The first kappa shape index (κ1) is 16.2. The largest absolute Gasteiger partial charge is 0.353 e. The minimum absolute atomic E-state index is 0.261. The molecule has 1 aromatic heterocycles. The van der Waals surface area contributed by atoms with Crippen molar-refractivity contribution >= 4 is 11.6 Å². The molecule has 0 amide bonds.